The fourth-order valence-electron chi connectivity index (χ4n) is 2.29. The Balaban J connectivity index is 1.64. The van der Waals surface area contributed by atoms with Crippen LogP contribution in [-0.4, -0.2) is 12.1 Å². The zero-order valence-corrected chi connectivity index (χ0v) is 14.7. The first-order valence-corrected chi connectivity index (χ1v) is 8.45. The predicted octanol–water partition coefficient (Wildman–Crippen LogP) is 4.68. The summed E-state index contributed by atoms with van der Waals surface area (Å²) in [4.78, 5) is 12.4. The summed E-state index contributed by atoms with van der Waals surface area (Å²) in [5.74, 6) is 0.175. The van der Waals surface area contributed by atoms with Gasteiger partial charge in [0.1, 0.15) is 12.4 Å². The standard InChI is InChI=1S/C21H17ClN2O2/c22-18-12-10-16(11-13-18)14-23-24-21(25)19-8-4-5-9-20(19)26-15-17-6-2-1-3-7-17/h1-14H,15H2,(H,24,25)/b23-14-. The molecule has 0 aromatic heterocycles. The van der Waals surface area contributed by atoms with E-state index in [9.17, 15) is 4.79 Å². The van der Waals surface area contributed by atoms with Gasteiger partial charge in [-0.3, -0.25) is 4.79 Å². The Kier molecular flexibility index (Phi) is 6.01. The first kappa shape index (κ1) is 17.7. The van der Waals surface area contributed by atoms with Crippen molar-refractivity contribution in [1.82, 2.24) is 5.43 Å². The van der Waals surface area contributed by atoms with E-state index in [1.54, 1.807) is 36.5 Å². The van der Waals surface area contributed by atoms with Crippen molar-refractivity contribution < 1.29 is 9.53 Å². The lowest BCUT2D eigenvalue weighted by molar-refractivity contribution is 0.0950. The summed E-state index contributed by atoms with van der Waals surface area (Å²) in [6.45, 7) is 0.388. The summed E-state index contributed by atoms with van der Waals surface area (Å²) < 4.78 is 5.79. The SMILES string of the molecule is O=C(N/N=C\c1ccc(Cl)cc1)c1ccccc1OCc1ccccc1. The van der Waals surface area contributed by atoms with E-state index >= 15 is 0 Å². The molecule has 0 aliphatic carbocycles. The van der Waals surface area contributed by atoms with Crippen LogP contribution < -0.4 is 10.2 Å². The first-order chi connectivity index (χ1) is 12.7. The van der Waals surface area contributed by atoms with Gasteiger partial charge >= 0.3 is 0 Å². The third kappa shape index (κ3) is 4.94. The summed E-state index contributed by atoms with van der Waals surface area (Å²) in [5.41, 5.74) is 4.81. The minimum absolute atomic E-state index is 0.334. The second kappa shape index (κ2) is 8.83. The fourth-order valence-corrected chi connectivity index (χ4v) is 2.42. The number of rotatable bonds is 6. The normalized spacial score (nSPS) is 10.7. The summed E-state index contributed by atoms with van der Waals surface area (Å²) in [5, 5.41) is 4.63. The van der Waals surface area contributed by atoms with Gasteiger partial charge in [-0.25, -0.2) is 5.43 Å². The number of carbonyl (C=O) groups excluding carboxylic acids is 1. The molecule has 0 saturated carbocycles. The second-order valence-corrected chi connectivity index (χ2v) is 5.96. The number of amides is 1. The van der Waals surface area contributed by atoms with Crippen LogP contribution in [-0.2, 0) is 6.61 Å². The smallest absolute Gasteiger partial charge is 0.275 e. The second-order valence-electron chi connectivity index (χ2n) is 5.52. The summed E-state index contributed by atoms with van der Waals surface area (Å²) in [6.07, 6.45) is 1.56. The third-order valence-electron chi connectivity index (χ3n) is 3.62. The van der Waals surface area contributed by atoms with Gasteiger partial charge in [0.25, 0.3) is 5.91 Å². The van der Waals surface area contributed by atoms with Crippen molar-refractivity contribution in [3.63, 3.8) is 0 Å². The number of nitrogens with zero attached hydrogens (tertiary/aromatic N) is 1. The molecule has 3 aromatic carbocycles. The lowest BCUT2D eigenvalue weighted by Crippen LogP contribution is -2.18. The van der Waals surface area contributed by atoms with Crippen LogP contribution in [0.25, 0.3) is 0 Å². The van der Waals surface area contributed by atoms with Crippen molar-refractivity contribution in [2.24, 2.45) is 5.10 Å². The molecule has 0 bridgehead atoms. The van der Waals surface area contributed by atoms with Crippen LogP contribution in [0.1, 0.15) is 21.5 Å². The van der Waals surface area contributed by atoms with E-state index in [4.69, 9.17) is 16.3 Å². The van der Waals surface area contributed by atoms with Crippen LogP contribution in [0.3, 0.4) is 0 Å². The number of ether oxygens (including phenoxy) is 1. The summed E-state index contributed by atoms with van der Waals surface area (Å²) in [7, 11) is 0. The van der Waals surface area contributed by atoms with E-state index in [0.717, 1.165) is 11.1 Å². The van der Waals surface area contributed by atoms with Gasteiger partial charge in [-0.05, 0) is 35.4 Å². The maximum absolute atomic E-state index is 12.4. The van der Waals surface area contributed by atoms with Crippen molar-refractivity contribution in [3.8, 4) is 5.75 Å². The van der Waals surface area contributed by atoms with Crippen LogP contribution in [0, 0.1) is 0 Å². The molecule has 0 saturated heterocycles. The minimum atomic E-state index is -0.334. The molecule has 0 fully saturated rings. The Labute approximate surface area is 157 Å². The van der Waals surface area contributed by atoms with Gasteiger partial charge in [0.15, 0.2) is 0 Å². The molecule has 0 spiro atoms. The topological polar surface area (TPSA) is 50.7 Å². The molecule has 3 rings (SSSR count). The van der Waals surface area contributed by atoms with Crippen LogP contribution >= 0.6 is 11.6 Å². The largest absolute Gasteiger partial charge is 0.488 e. The number of halogens is 1. The highest BCUT2D eigenvalue weighted by Crippen LogP contribution is 2.19. The Morgan fingerprint density at radius 1 is 0.962 bits per heavy atom. The molecular formula is C21H17ClN2O2. The van der Waals surface area contributed by atoms with Gasteiger partial charge in [0, 0.05) is 5.02 Å². The molecule has 1 N–H and O–H groups in total. The minimum Gasteiger partial charge on any atom is -0.488 e. The van der Waals surface area contributed by atoms with Gasteiger partial charge in [0.2, 0.25) is 0 Å². The number of hydrogen-bond donors (Lipinski definition) is 1. The van der Waals surface area contributed by atoms with Crippen LogP contribution in [0.2, 0.25) is 5.02 Å². The molecule has 4 nitrogen and oxygen atoms in total. The maximum atomic E-state index is 12.4. The van der Waals surface area contributed by atoms with E-state index in [1.807, 2.05) is 48.5 Å². The number of hydrazone groups is 1. The molecule has 0 radical (unpaired) electrons. The molecular weight excluding hydrogens is 348 g/mol. The van der Waals surface area contributed by atoms with E-state index in [1.165, 1.54) is 0 Å². The number of benzene rings is 3. The molecule has 0 heterocycles. The molecule has 3 aromatic rings. The van der Waals surface area contributed by atoms with Crippen molar-refractivity contribution >= 4 is 23.7 Å². The number of carbonyl (C=O) groups is 1. The highest BCUT2D eigenvalue weighted by Gasteiger charge is 2.11. The summed E-state index contributed by atoms with van der Waals surface area (Å²) in [6, 6.07) is 24.0. The van der Waals surface area contributed by atoms with E-state index in [-0.39, 0.29) is 5.91 Å². The highest BCUT2D eigenvalue weighted by atomic mass is 35.5. The lowest BCUT2D eigenvalue weighted by Gasteiger charge is -2.10. The lowest BCUT2D eigenvalue weighted by atomic mass is 10.2. The Morgan fingerprint density at radius 3 is 2.42 bits per heavy atom. The van der Waals surface area contributed by atoms with Crippen LogP contribution in [0.5, 0.6) is 5.75 Å². The van der Waals surface area contributed by atoms with Crippen molar-refractivity contribution in [2.75, 3.05) is 0 Å². The van der Waals surface area contributed by atoms with Crippen molar-refractivity contribution in [2.45, 2.75) is 6.61 Å². The fraction of sp³-hybridized carbons (Fsp3) is 0.0476. The quantitative estimate of drug-likeness (QED) is 0.510. The van der Waals surface area contributed by atoms with Crippen molar-refractivity contribution in [3.05, 3.63) is 101 Å². The molecule has 0 aliphatic heterocycles. The Hall–Kier alpha value is -3.11. The van der Waals surface area contributed by atoms with E-state index in [2.05, 4.69) is 10.5 Å². The average Bonchev–Trinajstić information content (AvgIpc) is 2.69. The van der Waals surface area contributed by atoms with Gasteiger partial charge in [-0.2, -0.15) is 5.10 Å². The van der Waals surface area contributed by atoms with E-state index in [0.29, 0.717) is 22.9 Å². The van der Waals surface area contributed by atoms with Gasteiger partial charge in [0.05, 0.1) is 11.8 Å². The summed E-state index contributed by atoms with van der Waals surface area (Å²) >= 11 is 5.84. The Morgan fingerprint density at radius 2 is 1.65 bits per heavy atom. The predicted molar refractivity (Wildman–Crippen MR) is 104 cm³/mol. The van der Waals surface area contributed by atoms with Crippen molar-refractivity contribution in [1.29, 1.82) is 0 Å². The zero-order valence-electron chi connectivity index (χ0n) is 13.9. The zero-order chi connectivity index (χ0) is 18.2. The highest BCUT2D eigenvalue weighted by molar-refractivity contribution is 6.30. The average molecular weight is 365 g/mol. The molecule has 0 aliphatic rings. The molecule has 0 unspecified atom stereocenters. The molecule has 26 heavy (non-hydrogen) atoms. The van der Waals surface area contributed by atoms with Gasteiger partial charge < -0.3 is 4.74 Å². The first-order valence-electron chi connectivity index (χ1n) is 8.07. The monoisotopic (exact) mass is 364 g/mol. The van der Waals surface area contributed by atoms with Gasteiger partial charge in [-0.15, -0.1) is 0 Å². The van der Waals surface area contributed by atoms with Crippen LogP contribution in [0.4, 0.5) is 0 Å². The third-order valence-corrected chi connectivity index (χ3v) is 3.87. The number of hydrogen-bond acceptors (Lipinski definition) is 3. The molecule has 5 heteroatoms. The van der Waals surface area contributed by atoms with E-state index < -0.39 is 0 Å². The Bertz CT molecular complexity index is 893. The van der Waals surface area contributed by atoms with Crippen LogP contribution in [0.15, 0.2) is 84.0 Å². The molecule has 1 amide bonds. The maximum Gasteiger partial charge on any atom is 0.275 e. The number of para-hydroxylation sites is 1. The number of nitrogens with one attached hydrogen (secondary N) is 1. The molecule has 0 atom stereocenters. The van der Waals surface area contributed by atoms with Gasteiger partial charge in [-0.1, -0.05) is 66.2 Å². The molecule has 130 valence electrons.